The predicted molar refractivity (Wildman–Crippen MR) is 225 cm³/mol. The van der Waals surface area contributed by atoms with Crippen LogP contribution in [0.4, 0.5) is 0 Å². The SMILES string of the molecule is C/C=C\c1c(C)c2ccc3c4ccccc4n(-c4ccc5c(c4)c4ccc6cccnc6c4c4nc6ccccc6n54)c3c2n1-c1ccccc1.CC. The van der Waals surface area contributed by atoms with Crippen LogP contribution in [-0.2, 0) is 0 Å². The van der Waals surface area contributed by atoms with Crippen LogP contribution >= 0.6 is 0 Å². The maximum Gasteiger partial charge on any atom is 0.148 e. The molecule has 0 bridgehead atoms. The lowest BCUT2D eigenvalue weighted by molar-refractivity contribution is 1.09. The van der Waals surface area contributed by atoms with E-state index >= 15 is 0 Å². The Balaban J connectivity index is 0.00000172. The van der Waals surface area contributed by atoms with Gasteiger partial charge in [-0.05, 0) is 85.5 Å². The normalized spacial score (nSPS) is 12.1. The minimum Gasteiger partial charge on any atom is -0.308 e. The Bertz CT molecular complexity index is 3270. The van der Waals surface area contributed by atoms with Crippen molar-refractivity contribution in [1.82, 2.24) is 23.5 Å². The van der Waals surface area contributed by atoms with Gasteiger partial charge in [-0.15, -0.1) is 0 Å². The number of hydrogen-bond donors (Lipinski definition) is 0. The van der Waals surface area contributed by atoms with E-state index in [-0.39, 0.29) is 0 Å². The number of para-hydroxylation sites is 4. The molecular formula is C48H37N5. The van der Waals surface area contributed by atoms with Crippen LogP contribution in [-0.4, -0.2) is 23.5 Å². The summed E-state index contributed by atoms with van der Waals surface area (Å²) in [4.78, 5) is 10.1. The highest BCUT2D eigenvalue weighted by atomic mass is 15.1. The average Bonchev–Trinajstić information content (AvgIpc) is 3.86. The molecule has 11 aromatic rings. The Hall–Kier alpha value is -6.72. The highest BCUT2D eigenvalue weighted by molar-refractivity contribution is 6.23. The van der Waals surface area contributed by atoms with Crippen molar-refractivity contribution in [1.29, 1.82) is 0 Å². The van der Waals surface area contributed by atoms with Crippen molar-refractivity contribution >= 4 is 88.0 Å². The predicted octanol–water partition coefficient (Wildman–Crippen LogP) is 12.8. The van der Waals surface area contributed by atoms with Crippen molar-refractivity contribution in [2.24, 2.45) is 0 Å². The average molecular weight is 684 g/mol. The molecule has 254 valence electrons. The minimum atomic E-state index is 0.932. The van der Waals surface area contributed by atoms with Crippen molar-refractivity contribution in [3.8, 4) is 11.4 Å². The molecule has 0 amide bonds. The molecule has 5 nitrogen and oxygen atoms in total. The Morgan fingerprint density at radius 1 is 0.566 bits per heavy atom. The zero-order chi connectivity index (χ0) is 35.8. The molecule has 0 aliphatic carbocycles. The first kappa shape index (κ1) is 31.1. The quantitative estimate of drug-likeness (QED) is 0.174. The molecule has 11 rings (SSSR count). The molecule has 0 atom stereocenters. The monoisotopic (exact) mass is 683 g/mol. The van der Waals surface area contributed by atoms with E-state index in [2.05, 4.69) is 167 Å². The Morgan fingerprint density at radius 2 is 1.30 bits per heavy atom. The second-order valence-corrected chi connectivity index (χ2v) is 13.4. The lowest BCUT2D eigenvalue weighted by Gasteiger charge is -2.15. The molecule has 0 spiro atoms. The third-order valence-electron chi connectivity index (χ3n) is 10.7. The van der Waals surface area contributed by atoms with E-state index in [1.807, 2.05) is 26.1 Å². The number of aryl methyl sites for hydroxylation is 1. The van der Waals surface area contributed by atoms with Crippen LogP contribution in [0.2, 0.25) is 0 Å². The van der Waals surface area contributed by atoms with Gasteiger partial charge < -0.3 is 9.13 Å². The van der Waals surface area contributed by atoms with Gasteiger partial charge in [0, 0.05) is 50.2 Å². The lowest BCUT2D eigenvalue weighted by Crippen LogP contribution is -2.01. The van der Waals surface area contributed by atoms with E-state index in [4.69, 9.17) is 9.97 Å². The Labute approximate surface area is 306 Å². The molecule has 5 heterocycles. The number of nitrogens with zero attached hydrogens (tertiary/aromatic N) is 5. The summed E-state index contributed by atoms with van der Waals surface area (Å²) in [6, 6.07) is 48.1. The van der Waals surface area contributed by atoms with E-state index < -0.39 is 0 Å². The fourth-order valence-corrected chi connectivity index (χ4v) is 8.57. The molecule has 0 unspecified atom stereocenters. The summed E-state index contributed by atoms with van der Waals surface area (Å²) in [6.45, 7) is 8.34. The molecule has 5 aromatic heterocycles. The van der Waals surface area contributed by atoms with E-state index in [1.54, 1.807) is 0 Å². The second-order valence-electron chi connectivity index (χ2n) is 13.4. The highest BCUT2D eigenvalue weighted by Crippen LogP contribution is 2.42. The Kier molecular flexibility index (Phi) is 6.99. The molecule has 0 saturated carbocycles. The fourth-order valence-electron chi connectivity index (χ4n) is 8.57. The molecule has 53 heavy (non-hydrogen) atoms. The van der Waals surface area contributed by atoms with Crippen molar-refractivity contribution in [2.45, 2.75) is 27.7 Å². The summed E-state index contributed by atoms with van der Waals surface area (Å²) >= 11 is 0. The standard InChI is InChI=1S/C46H31N5.C2H6/c1-3-12-38-28(2)32-23-24-35-33-16-7-9-18-39(33)50(45(35)44(32)49(38)30-14-5-4-6-15-30)31-21-25-40-36(27-31)34-22-20-29-13-11-26-47-43(29)42(34)46-48-37-17-8-10-19-41(37)51(40)46;1-2/h3-27H,1-2H3;1-2H3/b12-3-;. The van der Waals surface area contributed by atoms with Crippen molar-refractivity contribution < 1.29 is 0 Å². The fraction of sp³-hybridized carbons (Fsp3) is 0.0833. The third-order valence-corrected chi connectivity index (χ3v) is 10.7. The molecule has 5 heteroatoms. The van der Waals surface area contributed by atoms with E-state index in [1.165, 1.54) is 44.0 Å². The summed E-state index contributed by atoms with van der Waals surface area (Å²) in [5.74, 6) is 0. The van der Waals surface area contributed by atoms with Gasteiger partial charge in [0.25, 0.3) is 0 Å². The number of fused-ring (bicyclic) bond motifs is 15. The summed E-state index contributed by atoms with van der Waals surface area (Å²) in [7, 11) is 0. The zero-order valence-electron chi connectivity index (χ0n) is 30.2. The number of rotatable bonds is 3. The Morgan fingerprint density at radius 3 is 2.15 bits per heavy atom. The number of pyridine rings is 2. The molecule has 0 N–H and O–H groups in total. The van der Waals surface area contributed by atoms with Crippen molar-refractivity contribution in [2.75, 3.05) is 0 Å². The van der Waals surface area contributed by atoms with Gasteiger partial charge in [0.2, 0.25) is 0 Å². The first-order chi connectivity index (χ1) is 26.2. The van der Waals surface area contributed by atoms with E-state index in [0.717, 1.165) is 60.6 Å². The van der Waals surface area contributed by atoms with Gasteiger partial charge in [-0.1, -0.05) is 98.8 Å². The topological polar surface area (TPSA) is 40.1 Å². The van der Waals surface area contributed by atoms with Crippen molar-refractivity contribution in [3.63, 3.8) is 0 Å². The number of allylic oxidation sites excluding steroid dienone is 1. The maximum atomic E-state index is 5.21. The van der Waals surface area contributed by atoms with Crippen LogP contribution in [0.1, 0.15) is 32.0 Å². The number of aromatic nitrogens is 5. The molecule has 0 radical (unpaired) electrons. The molecule has 0 aliphatic heterocycles. The van der Waals surface area contributed by atoms with E-state index in [0.29, 0.717) is 0 Å². The van der Waals surface area contributed by atoms with Crippen molar-refractivity contribution in [3.05, 3.63) is 157 Å². The molecule has 0 aliphatic rings. The summed E-state index contributed by atoms with van der Waals surface area (Å²) in [5, 5.41) is 8.20. The van der Waals surface area contributed by atoms with Crippen LogP contribution in [0.3, 0.4) is 0 Å². The lowest BCUT2D eigenvalue weighted by atomic mass is 10.0. The van der Waals surface area contributed by atoms with Gasteiger partial charge in [-0.3, -0.25) is 9.38 Å². The maximum absolute atomic E-state index is 5.21. The van der Waals surface area contributed by atoms with Gasteiger partial charge in [0.05, 0.1) is 44.0 Å². The van der Waals surface area contributed by atoms with Crippen LogP contribution in [0.5, 0.6) is 0 Å². The van der Waals surface area contributed by atoms with Gasteiger partial charge in [-0.25, -0.2) is 4.98 Å². The first-order valence-corrected chi connectivity index (χ1v) is 18.5. The summed E-state index contributed by atoms with van der Waals surface area (Å²) < 4.78 is 7.24. The summed E-state index contributed by atoms with van der Waals surface area (Å²) in [5.41, 5.74) is 13.4. The number of hydrogen-bond acceptors (Lipinski definition) is 2. The largest absolute Gasteiger partial charge is 0.308 e. The third kappa shape index (κ3) is 4.31. The number of benzene rings is 6. The highest BCUT2D eigenvalue weighted by Gasteiger charge is 2.23. The van der Waals surface area contributed by atoms with Gasteiger partial charge in [0.15, 0.2) is 0 Å². The molecule has 0 saturated heterocycles. The van der Waals surface area contributed by atoms with Gasteiger partial charge >= 0.3 is 0 Å². The van der Waals surface area contributed by atoms with Crippen LogP contribution in [0, 0.1) is 6.92 Å². The van der Waals surface area contributed by atoms with Crippen LogP contribution in [0.15, 0.2) is 146 Å². The van der Waals surface area contributed by atoms with Gasteiger partial charge in [0.1, 0.15) is 5.65 Å². The second kappa shape index (κ2) is 11.9. The van der Waals surface area contributed by atoms with E-state index in [9.17, 15) is 0 Å². The smallest absolute Gasteiger partial charge is 0.148 e. The molecular weight excluding hydrogens is 647 g/mol. The minimum absolute atomic E-state index is 0.932. The van der Waals surface area contributed by atoms with Crippen LogP contribution in [0.25, 0.3) is 99.4 Å². The first-order valence-electron chi connectivity index (χ1n) is 18.5. The molecule has 0 fully saturated rings. The zero-order valence-corrected chi connectivity index (χ0v) is 30.2. The van der Waals surface area contributed by atoms with Crippen LogP contribution < -0.4 is 0 Å². The van der Waals surface area contributed by atoms with Gasteiger partial charge in [-0.2, -0.15) is 0 Å². The summed E-state index contributed by atoms with van der Waals surface area (Å²) in [6.07, 6.45) is 6.26. The number of imidazole rings is 1. The molecule has 6 aromatic carbocycles.